The van der Waals surface area contributed by atoms with Crippen LogP contribution in [0.2, 0.25) is 0 Å². The second-order valence-electron chi connectivity index (χ2n) is 4.94. The Balaban J connectivity index is 2.12. The molecule has 0 aliphatic heterocycles. The van der Waals surface area contributed by atoms with E-state index in [1.54, 1.807) is 0 Å². The number of nitrogens with one attached hydrogen (secondary N) is 2. The van der Waals surface area contributed by atoms with Crippen LogP contribution in [0, 0.1) is 0 Å². The predicted octanol–water partition coefficient (Wildman–Crippen LogP) is 2.79. The van der Waals surface area contributed by atoms with E-state index in [9.17, 15) is 4.79 Å². The molecule has 0 atom stereocenters. The van der Waals surface area contributed by atoms with Crippen LogP contribution < -0.4 is 10.6 Å². The highest BCUT2D eigenvalue weighted by Gasteiger charge is 2.33. The topological polar surface area (TPSA) is 41.1 Å². The SMILES string of the molecule is CCNc1ccccc1C(=O)NC1(C)CCC1. The predicted molar refractivity (Wildman–Crippen MR) is 70.3 cm³/mol. The van der Waals surface area contributed by atoms with Gasteiger partial charge in [0.15, 0.2) is 0 Å². The van der Waals surface area contributed by atoms with Crippen LogP contribution >= 0.6 is 0 Å². The molecule has 0 aromatic heterocycles. The van der Waals surface area contributed by atoms with Gasteiger partial charge >= 0.3 is 0 Å². The summed E-state index contributed by atoms with van der Waals surface area (Å²) in [5.74, 6) is 0.0313. The Morgan fingerprint density at radius 2 is 2.06 bits per heavy atom. The molecule has 3 heteroatoms. The number of amides is 1. The zero-order chi connectivity index (χ0) is 12.3. The van der Waals surface area contributed by atoms with Gasteiger partial charge in [-0.3, -0.25) is 4.79 Å². The standard InChI is InChI=1S/C14H20N2O/c1-3-15-12-8-5-4-7-11(12)13(17)16-14(2)9-6-10-14/h4-5,7-8,15H,3,6,9-10H2,1-2H3,(H,16,17). The molecule has 0 spiro atoms. The van der Waals surface area contributed by atoms with Gasteiger partial charge in [-0.2, -0.15) is 0 Å². The molecule has 17 heavy (non-hydrogen) atoms. The number of hydrogen-bond donors (Lipinski definition) is 2. The van der Waals surface area contributed by atoms with Gasteiger partial charge in [-0.25, -0.2) is 0 Å². The average molecular weight is 232 g/mol. The van der Waals surface area contributed by atoms with Crippen molar-refractivity contribution >= 4 is 11.6 Å². The molecule has 1 amide bonds. The van der Waals surface area contributed by atoms with E-state index in [4.69, 9.17) is 0 Å². The highest BCUT2D eigenvalue weighted by Crippen LogP contribution is 2.31. The molecular formula is C14H20N2O. The molecule has 1 saturated carbocycles. The molecule has 1 aliphatic rings. The maximum absolute atomic E-state index is 12.2. The van der Waals surface area contributed by atoms with Crippen LogP contribution in [0.1, 0.15) is 43.5 Å². The van der Waals surface area contributed by atoms with Crippen molar-refractivity contribution in [2.24, 2.45) is 0 Å². The highest BCUT2D eigenvalue weighted by molar-refractivity contribution is 6.00. The van der Waals surface area contributed by atoms with Crippen molar-refractivity contribution in [1.29, 1.82) is 0 Å². The van der Waals surface area contributed by atoms with E-state index in [1.165, 1.54) is 6.42 Å². The quantitative estimate of drug-likeness (QED) is 0.838. The molecule has 0 bridgehead atoms. The maximum Gasteiger partial charge on any atom is 0.253 e. The summed E-state index contributed by atoms with van der Waals surface area (Å²) in [4.78, 5) is 12.2. The molecule has 2 rings (SSSR count). The fourth-order valence-electron chi connectivity index (χ4n) is 2.20. The Kier molecular flexibility index (Phi) is 3.36. The Bertz CT molecular complexity index is 410. The molecule has 0 unspecified atom stereocenters. The lowest BCUT2D eigenvalue weighted by Gasteiger charge is -2.39. The molecule has 1 aliphatic carbocycles. The van der Waals surface area contributed by atoms with Crippen LogP contribution in [0.5, 0.6) is 0 Å². The summed E-state index contributed by atoms with van der Waals surface area (Å²) in [7, 11) is 0. The first-order valence-corrected chi connectivity index (χ1v) is 6.30. The summed E-state index contributed by atoms with van der Waals surface area (Å²) in [6.45, 7) is 4.97. The number of para-hydroxylation sites is 1. The minimum atomic E-state index is 0.0103. The first-order chi connectivity index (χ1) is 8.14. The second-order valence-corrected chi connectivity index (χ2v) is 4.94. The van der Waals surface area contributed by atoms with Crippen LogP contribution in [0.4, 0.5) is 5.69 Å². The van der Waals surface area contributed by atoms with E-state index in [0.717, 1.165) is 30.6 Å². The van der Waals surface area contributed by atoms with E-state index < -0.39 is 0 Å². The van der Waals surface area contributed by atoms with Gasteiger partial charge in [0.25, 0.3) is 5.91 Å². The minimum absolute atomic E-state index is 0.0103. The van der Waals surface area contributed by atoms with Crippen molar-refractivity contribution in [2.45, 2.75) is 38.6 Å². The fourth-order valence-corrected chi connectivity index (χ4v) is 2.20. The molecule has 92 valence electrons. The van der Waals surface area contributed by atoms with Crippen molar-refractivity contribution in [3.05, 3.63) is 29.8 Å². The summed E-state index contributed by atoms with van der Waals surface area (Å²) in [6, 6.07) is 7.66. The van der Waals surface area contributed by atoms with Gasteiger partial charge in [0.05, 0.1) is 5.56 Å². The third-order valence-electron chi connectivity index (χ3n) is 3.41. The number of rotatable bonds is 4. The summed E-state index contributed by atoms with van der Waals surface area (Å²) < 4.78 is 0. The lowest BCUT2D eigenvalue weighted by molar-refractivity contribution is 0.0851. The van der Waals surface area contributed by atoms with E-state index in [-0.39, 0.29) is 11.4 Å². The molecular weight excluding hydrogens is 212 g/mol. The number of benzene rings is 1. The van der Waals surface area contributed by atoms with Gasteiger partial charge in [-0.15, -0.1) is 0 Å². The zero-order valence-electron chi connectivity index (χ0n) is 10.5. The summed E-state index contributed by atoms with van der Waals surface area (Å²) in [6.07, 6.45) is 3.38. The molecule has 0 heterocycles. The fraction of sp³-hybridized carbons (Fsp3) is 0.500. The largest absolute Gasteiger partial charge is 0.385 e. The Morgan fingerprint density at radius 1 is 1.35 bits per heavy atom. The van der Waals surface area contributed by atoms with Crippen LogP contribution in [0.25, 0.3) is 0 Å². The van der Waals surface area contributed by atoms with E-state index in [1.807, 2.05) is 31.2 Å². The zero-order valence-corrected chi connectivity index (χ0v) is 10.5. The molecule has 1 aromatic carbocycles. The molecule has 0 radical (unpaired) electrons. The third kappa shape index (κ3) is 2.60. The minimum Gasteiger partial charge on any atom is -0.385 e. The first-order valence-electron chi connectivity index (χ1n) is 6.30. The van der Waals surface area contributed by atoms with E-state index in [0.29, 0.717) is 0 Å². The summed E-state index contributed by atoms with van der Waals surface area (Å²) in [5.41, 5.74) is 1.66. The lowest BCUT2D eigenvalue weighted by atomic mass is 9.78. The van der Waals surface area contributed by atoms with Gasteiger partial charge < -0.3 is 10.6 Å². The molecule has 1 aromatic rings. The van der Waals surface area contributed by atoms with Gasteiger partial charge in [0, 0.05) is 17.8 Å². The van der Waals surface area contributed by atoms with Crippen molar-refractivity contribution in [3.63, 3.8) is 0 Å². The second kappa shape index (κ2) is 4.78. The molecule has 3 nitrogen and oxygen atoms in total. The van der Waals surface area contributed by atoms with Crippen molar-refractivity contribution in [3.8, 4) is 0 Å². The Morgan fingerprint density at radius 3 is 2.65 bits per heavy atom. The lowest BCUT2D eigenvalue weighted by Crippen LogP contribution is -2.51. The first kappa shape index (κ1) is 12.0. The Labute approximate surface area is 103 Å². The smallest absolute Gasteiger partial charge is 0.253 e. The molecule has 0 saturated heterocycles. The number of carbonyl (C=O) groups is 1. The van der Waals surface area contributed by atoms with Crippen molar-refractivity contribution in [1.82, 2.24) is 5.32 Å². The van der Waals surface area contributed by atoms with Crippen LogP contribution in [0.3, 0.4) is 0 Å². The monoisotopic (exact) mass is 232 g/mol. The average Bonchev–Trinajstić information content (AvgIpc) is 2.28. The van der Waals surface area contributed by atoms with Gasteiger partial charge in [0.1, 0.15) is 0 Å². The Hall–Kier alpha value is -1.51. The number of hydrogen-bond acceptors (Lipinski definition) is 2. The van der Waals surface area contributed by atoms with Gasteiger partial charge in [0.2, 0.25) is 0 Å². The van der Waals surface area contributed by atoms with Crippen LogP contribution in [-0.2, 0) is 0 Å². The third-order valence-corrected chi connectivity index (χ3v) is 3.41. The van der Waals surface area contributed by atoms with E-state index in [2.05, 4.69) is 17.6 Å². The summed E-state index contributed by atoms with van der Waals surface area (Å²) >= 11 is 0. The van der Waals surface area contributed by atoms with Crippen LogP contribution in [0.15, 0.2) is 24.3 Å². The summed E-state index contributed by atoms with van der Waals surface area (Å²) in [5, 5.41) is 6.35. The van der Waals surface area contributed by atoms with Crippen molar-refractivity contribution < 1.29 is 4.79 Å². The van der Waals surface area contributed by atoms with Crippen LogP contribution in [-0.4, -0.2) is 18.0 Å². The van der Waals surface area contributed by atoms with Crippen molar-refractivity contribution in [2.75, 3.05) is 11.9 Å². The maximum atomic E-state index is 12.2. The van der Waals surface area contributed by atoms with Gasteiger partial charge in [-0.1, -0.05) is 12.1 Å². The molecule has 2 N–H and O–H groups in total. The highest BCUT2D eigenvalue weighted by atomic mass is 16.1. The number of anilines is 1. The van der Waals surface area contributed by atoms with E-state index >= 15 is 0 Å². The number of carbonyl (C=O) groups excluding carboxylic acids is 1. The van der Waals surface area contributed by atoms with Gasteiger partial charge in [-0.05, 0) is 45.2 Å². The normalized spacial score (nSPS) is 17.1. The molecule has 1 fully saturated rings.